The van der Waals surface area contributed by atoms with E-state index in [0.29, 0.717) is 6.54 Å². The molecule has 0 radical (unpaired) electrons. The quantitative estimate of drug-likeness (QED) is 0.801. The second kappa shape index (κ2) is 7.45. The molecule has 1 aliphatic heterocycles. The molecule has 5 heteroatoms. The summed E-state index contributed by atoms with van der Waals surface area (Å²) in [6.07, 6.45) is 2.14. The van der Waals surface area contributed by atoms with Gasteiger partial charge in [-0.25, -0.2) is 0 Å². The summed E-state index contributed by atoms with van der Waals surface area (Å²) < 4.78 is 1.24. The van der Waals surface area contributed by atoms with Crippen LogP contribution in [0, 0.1) is 9.49 Å². The molecule has 0 saturated carbocycles. The Morgan fingerprint density at radius 3 is 2.84 bits per heavy atom. The van der Waals surface area contributed by atoms with Gasteiger partial charge >= 0.3 is 0 Å². The lowest BCUT2D eigenvalue weighted by Gasteiger charge is -2.28. The molecule has 1 aromatic carbocycles. The molecule has 0 spiro atoms. The van der Waals surface area contributed by atoms with Gasteiger partial charge in [0.15, 0.2) is 0 Å². The van der Waals surface area contributed by atoms with Gasteiger partial charge in [-0.1, -0.05) is 25.1 Å². The Morgan fingerprint density at radius 2 is 2.21 bits per heavy atom. The Kier molecular flexibility index (Phi) is 6.56. The lowest BCUT2D eigenvalue weighted by atomic mass is 10.0. The summed E-state index contributed by atoms with van der Waals surface area (Å²) >= 11 is 2.35. The van der Waals surface area contributed by atoms with Crippen LogP contribution in [0.5, 0.6) is 0 Å². The van der Waals surface area contributed by atoms with Crippen LogP contribution in [0.15, 0.2) is 24.3 Å². The van der Waals surface area contributed by atoms with Crippen LogP contribution < -0.4 is 5.73 Å². The Balaban J connectivity index is 0.00000180. The number of hydrogen-bond acceptors (Lipinski definition) is 2. The Bertz CT molecular complexity index is 441. The zero-order valence-electron chi connectivity index (χ0n) is 11.0. The Hall–Kier alpha value is -0.330. The van der Waals surface area contributed by atoms with Gasteiger partial charge in [0.05, 0.1) is 6.04 Å². The van der Waals surface area contributed by atoms with Gasteiger partial charge in [-0.15, -0.1) is 12.4 Å². The van der Waals surface area contributed by atoms with Crippen molar-refractivity contribution in [1.29, 1.82) is 0 Å². The molecule has 19 heavy (non-hydrogen) atoms. The molecular formula is C14H20ClIN2O. The third kappa shape index (κ3) is 3.61. The largest absolute Gasteiger partial charge is 0.335 e. The van der Waals surface area contributed by atoms with Gasteiger partial charge in [-0.3, -0.25) is 4.79 Å². The number of rotatable bonds is 3. The molecule has 106 valence electrons. The highest BCUT2D eigenvalue weighted by Crippen LogP contribution is 2.35. The van der Waals surface area contributed by atoms with Crippen LogP contribution in [0.2, 0.25) is 0 Å². The normalized spacial score (nSPS) is 19.9. The number of carbonyl (C=O) groups excluding carboxylic acids is 1. The molecule has 0 aromatic heterocycles. The number of carbonyl (C=O) groups is 1. The zero-order valence-corrected chi connectivity index (χ0v) is 14.0. The van der Waals surface area contributed by atoms with Crippen molar-refractivity contribution in [3.05, 3.63) is 33.4 Å². The highest BCUT2D eigenvalue weighted by atomic mass is 127. The number of nitrogens with two attached hydrogens (primary N) is 1. The summed E-state index contributed by atoms with van der Waals surface area (Å²) in [5.74, 6) is 0.117. The zero-order chi connectivity index (χ0) is 13.1. The minimum atomic E-state index is -0.0769. The maximum atomic E-state index is 12.3. The SMILES string of the molecule is CC(CN)C(=O)N1CCCC1c1ccccc1I.Cl. The lowest BCUT2D eigenvalue weighted by Crippen LogP contribution is -2.37. The molecule has 0 bridgehead atoms. The highest BCUT2D eigenvalue weighted by Gasteiger charge is 2.32. The number of halogens is 2. The van der Waals surface area contributed by atoms with Crippen LogP contribution in [0.1, 0.15) is 31.4 Å². The number of benzene rings is 1. The average Bonchev–Trinajstić information content (AvgIpc) is 2.86. The van der Waals surface area contributed by atoms with Crippen LogP contribution in [0.3, 0.4) is 0 Å². The first-order valence-electron chi connectivity index (χ1n) is 6.40. The molecule has 2 N–H and O–H groups in total. The average molecular weight is 395 g/mol. The summed E-state index contributed by atoms with van der Waals surface area (Å²) in [4.78, 5) is 14.3. The molecule has 1 aromatic rings. The standard InChI is InChI=1S/C14H19IN2O.ClH/c1-10(9-16)14(18)17-8-4-7-13(17)11-5-2-3-6-12(11)15;/h2-3,5-6,10,13H,4,7-9,16H2,1H3;1H. The molecule has 3 nitrogen and oxygen atoms in total. The van der Waals surface area contributed by atoms with Crippen LogP contribution in [0.4, 0.5) is 0 Å². The second-order valence-electron chi connectivity index (χ2n) is 4.85. The smallest absolute Gasteiger partial charge is 0.227 e. The monoisotopic (exact) mass is 394 g/mol. The first-order valence-corrected chi connectivity index (χ1v) is 7.48. The third-order valence-electron chi connectivity index (χ3n) is 3.58. The molecule has 1 aliphatic rings. The van der Waals surface area contributed by atoms with Crippen molar-refractivity contribution in [2.45, 2.75) is 25.8 Å². The lowest BCUT2D eigenvalue weighted by molar-refractivity contribution is -0.135. The van der Waals surface area contributed by atoms with E-state index in [-0.39, 0.29) is 30.3 Å². The van der Waals surface area contributed by atoms with Gasteiger partial charge < -0.3 is 10.6 Å². The molecule has 1 saturated heterocycles. The predicted octanol–water partition coefficient (Wildman–Crippen LogP) is 2.97. The first kappa shape index (κ1) is 16.7. The third-order valence-corrected chi connectivity index (χ3v) is 4.56. The first-order chi connectivity index (χ1) is 8.65. The van der Waals surface area contributed by atoms with Crippen molar-refractivity contribution in [3.8, 4) is 0 Å². The van der Waals surface area contributed by atoms with Crippen molar-refractivity contribution in [3.63, 3.8) is 0 Å². The second-order valence-corrected chi connectivity index (χ2v) is 6.01. The fourth-order valence-electron chi connectivity index (χ4n) is 2.48. The van der Waals surface area contributed by atoms with Crippen LogP contribution in [-0.2, 0) is 4.79 Å². The fraction of sp³-hybridized carbons (Fsp3) is 0.500. The molecule has 0 aliphatic carbocycles. The van der Waals surface area contributed by atoms with Gasteiger partial charge in [-0.05, 0) is 47.1 Å². The topological polar surface area (TPSA) is 46.3 Å². The fourth-order valence-corrected chi connectivity index (χ4v) is 3.23. The summed E-state index contributed by atoms with van der Waals surface area (Å²) in [6.45, 7) is 3.19. The van der Waals surface area contributed by atoms with E-state index in [0.717, 1.165) is 19.4 Å². The maximum absolute atomic E-state index is 12.3. The number of likely N-dealkylation sites (tertiary alicyclic amines) is 1. The van der Waals surface area contributed by atoms with Crippen molar-refractivity contribution < 1.29 is 4.79 Å². The van der Waals surface area contributed by atoms with E-state index < -0.39 is 0 Å². The summed E-state index contributed by atoms with van der Waals surface area (Å²) in [5.41, 5.74) is 6.88. The van der Waals surface area contributed by atoms with Crippen molar-refractivity contribution in [1.82, 2.24) is 4.90 Å². The minimum absolute atomic E-state index is 0. The van der Waals surface area contributed by atoms with E-state index in [2.05, 4.69) is 34.7 Å². The van der Waals surface area contributed by atoms with E-state index >= 15 is 0 Å². The maximum Gasteiger partial charge on any atom is 0.227 e. The van der Waals surface area contributed by atoms with Gasteiger partial charge in [0, 0.05) is 22.6 Å². The van der Waals surface area contributed by atoms with E-state index in [9.17, 15) is 4.79 Å². The van der Waals surface area contributed by atoms with E-state index in [1.54, 1.807) is 0 Å². The van der Waals surface area contributed by atoms with Crippen LogP contribution >= 0.6 is 35.0 Å². The van der Waals surface area contributed by atoms with Crippen molar-refractivity contribution in [2.75, 3.05) is 13.1 Å². The number of amides is 1. The van der Waals surface area contributed by atoms with Gasteiger partial charge in [-0.2, -0.15) is 0 Å². The van der Waals surface area contributed by atoms with Crippen molar-refractivity contribution >= 4 is 40.9 Å². The Labute approximate surface area is 134 Å². The van der Waals surface area contributed by atoms with E-state index in [1.165, 1.54) is 9.13 Å². The van der Waals surface area contributed by atoms with Crippen molar-refractivity contribution in [2.24, 2.45) is 11.7 Å². The number of nitrogens with zero attached hydrogens (tertiary/aromatic N) is 1. The molecular weight excluding hydrogens is 375 g/mol. The molecule has 1 heterocycles. The van der Waals surface area contributed by atoms with E-state index in [4.69, 9.17) is 5.73 Å². The van der Waals surface area contributed by atoms with Gasteiger partial charge in [0.25, 0.3) is 0 Å². The Morgan fingerprint density at radius 1 is 1.53 bits per heavy atom. The van der Waals surface area contributed by atoms with E-state index in [1.807, 2.05) is 24.0 Å². The molecule has 2 unspecified atom stereocenters. The highest BCUT2D eigenvalue weighted by molar-refractivity contribution is 14.1. The summed E-state index contributed by atoms with van der Waals surface area (Å²) in [7, 11) is 0. The molecule has 2 atom stereocenters. The van der Waals surface area contributed by atoms with Gasteiger partial charge in [0.2, 0.25) is 5.91 Å². The summed E-state index contributed by atoms with van der Waals surface area (Å²) in [5, 5.41) is 0. The van der Waals surface area contributed by atoms with Crippen LogP contribution in [-0.4, -0.2) is 23.9 Å². The molecule has 2 rings (SSSR count). The molecule has 1 amide bonds. The van der Waals surface area contributed by atoms with Gasteiger partial charge in [0.1, 0.15) is 0 Å². The summed E-state index contributed by atoms with van der Waals surface area (Å²) in [6, 6.07) is 8.55. The molecule has 1 fully saturated rings. The van der Waals surface area contributed by atoms with Crippen LogP contribution in [0.25, 0.3) is 0 Å². The number of hydrogen-bond donors (Lipinski definition) is 1. The predicted molar refractivity (Wildman–Crippen MR) is 88.3 cm³/mol. The minimum Gasteiger partial charge on any atom is -0.335 e.